The summed E-state index contributed by atoms with van der Waals surface area (Å²) < 4.78 is 24.9. The quantitative estimate of drug-likeness (QED) is 0.673. The predicted octanol–water partition coefficient (Wildman–Crippen LogP) is 2.57. The van der Waals surface area contributed by atoms with E-state index in [1.54, 1.807) is 18.2 Å². The van der Waals surface area contributed by atoms with Crippen LogP contribution < -0.4 is 4.72 Å². The molecule has 8 heteroatoms. The molecule has 0 radical (unpaired) electrons. The molecule has 2 rings (SSSR count). The monoisotopic (exact) mass is 311 g/mol. The Balaban J connectivity index is 2.70. The number of rotatable bonds is 3. The van der Waals surface area contributed by atoms with Gasteiger partial charge in [0.05, 0.1) is 12.3 Å². The Labute approximate surface area is 127 Å². The van der Waals surface area contributed by atoms with E-state index < -0.39 is 10.0 Å². The Kier molecular flexibility index (Phi) is 3.85. The van der Waals surface area contributed by atoms with Crippen molar-refractivity contribution in [3.8, 4) is 6.07 Å². The van der Waals surface area contributed by atoms with Crippen LogP contribution in [0.5, 0.6) is 0 Å². The molecule has 1 aromatic heterocycles. The smallest absolute Gasteiger partial charge is 0.361 e. The van der Waals surface area contributed by atoms with Crippen molar-refractivity contribution < 1.29 is 8.42 Å². The SMILES string of the molecule is [C-]#[N+]C([N+]#[C-])=C(C#N)c1c[nH]c2ccc(NS(C)(=O)=O)cc12. The van der Waals surface area contributed by atoms with Crippen molar-refractivity contribution in [2.75, 3.05) is 11.0 Å². The standard InChI is InChI=1S/C14H9N5O2S/c1-16-14(17-2)11(7-15)12-8-18-13-5-4-9(6-10(12)13)19-22(3,20)21/h4-6,8,18-19H,3H3. The van der Waals surface area contributed by atoms with E-state index in [0.717, 1.165) is 6.26 Å². The fraction of sp³-hybridized carbons (Fsp3) is 0.0714. The van der Waals surface area contributed by atoms with E-state index in [1.807, 2.05) is 6.07 Å². The van der Waals surface area contributed by atoms with Gasteiger partial charge in [0, 0.05) is 28.4 Å². The number of aromatic amines is 1. The maximum Gasteiger partial charge on any atom is 0.538 e. The minimum atomic E-state index is -3.43. The van der Waals surface area contributed by atoms with Crippen LogP contribution in [0, 0.1) is 24.5 Å². The number of allylic oxidation sites excluding steroid dienone is 1. The molecule has 108 valence electrons. The summed E-state index contributed by atoms with van der Waals surface area (Å²) in [6.45, 7) is 13.9. The molecule has 7 nitrogen and oxygen atoms in total. The Morgan fingerprint density at radius 3 is 2.59 bits per heavy atom. The van der Waals surface area contributed by atoms with Crippen molar-refractivity contribution in [1.29, 1.82) is 5.26 Å². The van der Waals surface area contributed by atoms with Crippen molar-refractivity contribution >= 4 is 32.2 Å². The molecule has 22 heavy (non-hydrogen) atoms. The molecule has 2 N–H and O–H groups in total. The lowest BCUT2D eigenvalue weighted by atomic mass is 10.1. The molecular formula is C14H9N5O2S. The first-order valence-corrected chi connectivity index (χ1v) is 7.77. The van der Waals surface area contributed by atoms with E-state index in [4.69, 9.17) is 13.1 Å². The second-order valence-corrected chi connectivity index (χ2v) is 6.12. The number of nitrogens with zero attached hydrogens (tertiary/aromatic N) is 3. The van der Waals surface area contributed by atoms with Crippen LogP contribution in [0.1, 0.15) is 5.56 Å². The van der Waals surface area contributed by atoms with E-state index in [-0.39, 0.29) is 11.4 Å². The van der Waals surface area contributed by atoms with Gasteiger partial charge < -0.3 is 4.98 Å². The van der Waals surface area contributed by atoms with Gasteiger partial charge in [0.1, 0.15) is 13.1 Å². The fourth-order valence-corrected chi connectivity index (χ4v) is 2.53. The third-order valence-electron chi connectivity index (χ3n) is 2.80. The maximum absolute atomic E-state index is 11.3. The van der Waals surface area contributed by atoms with Crippen LogP contribution in [-0.2, 0) is 10.0 Å². The number of hydrogen-bond donors (Lipinski definition) is 2. The molecular weight excluding hydrogens is 302 g/mol. The third kappa shape index (κ3) is 2.90. The number of anilines is 1. The molecule has 2 aromatic rings. The third-order valence-corrected chi connectivity index (χ3v) is 3.41. The molecule has 0 bridgehead atoms. The van der Waals surface area contributed by atoms with E-state index in [9.17, 15) is 13.7 Å². The van der Waals surface area contributed by atoms with Crippen LogP contribution >= 0.6 is 0 Å². The van der Waals surface area contributed by atoms with Crippen LogP contribution in [-0.4, -0.2) is 19.7 Å². The zero-order valence-electron chi connectivity index (χ0n) is 11.4. The zero-order chi connectivity index (χ0) is 16.3. The molecule has 0 atom stereocenters. The highest BCUT2D eigenvalue weighted by molar-refractivity contribution is 7.92. The van der Waals surface area contributed by atoms with Gasteiger partial charge in [-0.05, 0) is 18.2 Å². The second kappa shape index (κ2) is 5.61. The van der Waals surface area contributed by atoms with E-state index >= 15 is 0 Å². The molecule has 0 aliphatic carbocycles. The minimum absolute atomic E-state index is 0.0484. The van der Waals surface area contributed by atoms with Crippen LogP contribution in [0.15, 0.2) is 30.2 Å². The normalized spacial score (nSPS) is 10.3. The molecule has 1 heterocycles. The van der Waals surface area contributed by atoms with Gasteiger partial charge in [-0.1, -0.05) is 0 Å². The van der Waals surface area contributed by atoms with Crippen molar-refractivity contribution in [1.82, 2.24) is 4.98 Å². The summed E-state index contributed by atoms with van der Waals surface area (Å²) in [6.07, 6.45) is 2.55. The van der Waals surface area contributed by atoms with Crippen molar-refractivity contribution in [3.05, 3.63) is 58.6 Å². The van der Waals surface area contributed by atoms with Gasteiger partial charge in [0.2, 0.25) is 10.0 Å². The number of nitriles is 1. The number of fused-ring (bicyclic) bond motifs is 1. The van der Waals surface area contributed by atoms with E-state index in [1.165, 1.54) is 6.20 Å². The zero-order valence-corrected chi connectivity index (χ0v) is 12.2. The maximum atomic E-state index is 11.3. The number of benzene rings is 1. The lowest BCUT2D eigenvalue weighted by molar-refractivity contribution is 0.607. The van der Waals surface area contributed by atoms with Gasteiger partial charge in [-0.25, -0.2) is 8.42 Å². The van der Waals surface area contributed by atoms with Crippen LogP contribution in [0.25, 0.3) is 26.2 Å². The largest absolute Gasteiger partial charge is 0.538 e. The Morgan fingerprint density at radius 2 is 2.05 bits per heavy atom. The molecule has 0 aliphatic heterocycles. The molecule has 0 unspecified atom stereocenters. The molecule has 0 aliphatic rings. The lowest BCUT2D eigenvalue weighted by Gasteiger charge is -2.04. The topological polar surface area (TPSA) is 94.5 Å². The van der Waals surface area contributed by atoms with Gasteiger partial charge in [-0.2, -0.15) is 15.0 Å². The molecule has 1 aromatic carbocycles. The highest BCUT2D eigenvalue weighted by atomic mass is 32.2. The summed E-state index contributed by atoms with van der Waals surface area (Å²) in [5.41, 5.74) is 1.33. The highest BCUT2D eigenvalue weighted by Gasteiger charge is 2.20. The summed E-state index contributed by atoms with van der Waals surface area (Å²) >= 11 is 0. The Hall–Kier alpha value is -3.28. The summed E-state index contributed by atoms with van der Waals surface area (Å²) in [7, 11) is -3.43. The Morgan fingerprint density at radius 1 is 1.36 bits per heavy atom. The number of aromatic nitrogens is 1. The van der Waals surface area contributed by atoms with Crippen LogP contribution in [0.4, 0.5) is 5.69 Å². The first-order chi connectivity index (χ1) is 10.4. The van der Waals surface area contributed by atoms with Crippen molar-refractivity contribution in [2.45, 2.75) is 0 Å². The van der Waals surface area contributed by atoms with Gasteiger partial charge in [-0.15, -0.1) is 0 Å². The van der Waals surface area contributed by atoms with E-state index in [2.05, 4.69) is 19.4 Å². The second-order valence-electron chi connectivity index (χ2n) is 4.37. The average molecular weight is 311 g/mol. The van der Waals surface area contributed by atoms with Gasteiger partial charge in [0.15, 0.2) is 5.57 Å². The molecule has 0 amide bonds. The molecule has 0 saturated carbocycles. The fourth-order valence-electron chi connectivity index (χ4n) is 1.97. The highest BCUT2D eigenvalue weighted by Crippen LogP contribution is 2.30. The van der Waals surface area contributed by atoms with Gasteiger partial charge in [-0.3, -0.25) is 4.72 Å². The number of nitrogens with one attached hydrogen (secondary N) is 2. The van der Waals surface area contributed by atoms with Crippen LogP contribution in [0.2, 0.25) is 0 Å². The predicted molar refractivity (Wildman–Crippen MR) is 82.5 cm³/mol. The number of sulfonamides is 1. The first kappa shape index (κ1) is 15.1. The Bertz CT molecular complexity index is 994. The molecule has 0 spiro atoms. The minimum Gasteiger partial charge on any atom is -0.361 e. The van der Waals surface area contributed by atoms with Crippen molar-refractivity contribution in [3.63, 3.8) is 0 Å². The van der Waals surface area contributed by atoms with Crippen molar-refractivity contribution in [2.24, 2.45) is 0 Å². The van der Waals surface area contributed by atoms with E-state index in [0.29, 0.717) is 22.2 Å². The summed E-state index contributed by atoms with van der Waals surface area (Å²) in [5, 5.41) is 9.78. The van der Waals surface area contributed by atoms with Gasteiger partial charge in [0.25, 0.3) is 0 Å². The first-order valence-electron chi connectivity index (χ1n) is 5.88. The summed E-state index contributed by atoms with van der Waals surface area (Å²) in [4.78, 5) is 9.03. The lowest BCUT2D eigenvalue weighted by Crippen LogP contribution is -2.09. The average Bonchev–Trinajstić information content (AvgIpc) is 2.86. The van der Waals surface area contributed by atoms with Crippen LogP contribution in [0.3, 0.4) is 0 Å². The summed E-state index contributed by atoms with van der Waals surface area (Å²) in [5.74, 6) is -0.329. The number of H-pyrrole nitrogens is 1. The molecule has 0 fully saturated rings. The number of hydrogen-bond acceptors (Lipinski definition) is 3. The molecule has 0 saturated heterocycles. The summed E-state index contributed by atoms with van der Waals surface area (Å²) in [6, 6.07) is 6.63. The van der Waals surface area contributed by atoms with Gasteiger partial charge >= 0.3 is 5.82 Å².